The van der Waals surface area contributed by atoms with E-state index in [1.165, 1.54) is 6.42 Å². The molecule has 3 saturated heterocycles. The summed E-state index contributed by atoms with van der Waals surface area (Å²) < 4.78 is 1.74. The molecular formula is C27H33N5O2. The second-order valence-corrected chi connectivity index (χ2v) is 10.9. The maximum Gasteiger partial charge on any atom is 0.271 e. The minimum atomic E-state index is -0.158. The standard InChI is InChI=1S/C27H33N5O2/c1-2-3-9-27(13-19-12-20(19)14-27)17-28-26(34)23-5-4-6-24-29-22(16-32(23)24)25(33)30-21-15-31-10-7-18(21)8-11-31/h3-6,16,18-21H,1,7-15,17H2,(H,28,34)(H,30,33)/t19?,20?,21-,27?/m1/s1. The van der Waals surface area contributed by atoms with Gasteiger partial charge in [0.05, 0.1) is 0 Å². The summed E-state index contributed by atoms with van der Waals surface area (Å²) in [5.74, 6) is 1.91. The molecule has 0 aromatic carbocycles. The van der Waals surface area contributed by atoms with Crippen LogP contribution in [0.4, 0.5) is 0 Å². The minimum absolute atomic E-state index is 0.108. The van der Waals surface area contributed by atoms with Crippen molar-refractivity contribution in [1.82, 2.24) is 24.9 Å². The zero-order valence-corrected chi connectivity index (χ0v) is 19.6. The van der Waals surface area contributed by atoms with Crippen LogP contribution in [0, 0.1) is 23.2 Å². The van der Waals surface area contributed by atoms with Gasteiger partial charge >= 0.3 is 0 Å². The van der Waals surface area contributed by atoms with Crippen LogP contribution in [-0.2, 0) is 0 Å². The number of hydrogen-bond acceptors (Lipinski definition) is 4. The van der Waals surface area contributed by atoms with Gasteiger partial charge in [0, 0.05) is 25.3 Å². The fourth-order valence-electron chi connectivity index (χ4n) is 6.71. The molecule has 0 spiro atoms. The lowest BCUT2D eigenvalue weighted by Crippen LogP contribution is -2.57. The number of rotatable bonds is 7. The van der Waals surface area contributed by atoms with Crippen molar-refractivity contribution in [3.05, 3.63) is 54.2 Å². The van der Waals surface area contributed by atoms with Crippen molar-refractivity contribution in [2.24, 2.45) is 23.2 Å². The Morgan fingerprint density at radius 2 is 1.97 bits per heavy atom. The number of aromatic nitrogens is 2. The number of allylic oxidation sites excluding steroid dienone is 1. The van der Waals surface area contributed by atoms with Gasteiger partial charge in [-0.25, -0.2) is 4.98 Å². The van der Waals surface area contributed by atoms with Gasteiger partial charge in [0.25, 0.3) is 11.8 Å². The molecule has 2 amide bonds. The van der Waals surface area contributed by atoms with Crippen molar-refractivity contribution in [2.45, 2.75) is 44.6 Å². The number of nitrogens with zero attached hydrogens (tertiary/aromatic N) is 3. The summed E-state index contributed by atoms with van der Waals surface area (Å²) in [6.07, 6.45) is 10.6. The Morgan fingerprint density at radius 3 is 2.68 bits per heavy atom. The maximum atomic E-state index is 13.2. The molecule has 2 saturated carbocycles. The van der Waals surface area contributed by atoms with Gasteiger partial charge in [-0.05, 0) is 93.0 Å². The first-order chi connectivity index (χ1) is 16.5. The minimum Gasteiger partial charge on any atom is -0.350 e. The normalized spacial score (nSPS) is 33.2. The van der Waals surface area contributed by atoms with Crippen molar-refractivity contribution in [3.8, 4) is 0 Å². The van der Waals surface area contributed by atoms with Crippen LogP contribution in [0.5, 0.6) is 0 Å². The van der Waals surface area contributed by atoms with Crippen LogP contribution in [0.15, 0.2) is 42.8 Å². The first-order valence-corrected chi connectivity index (χ1v) is 12.7. The second kappa shape index (κ2) is 8.40. The molecule has 7 rings (SSSR count). The van der Waals surface area contributed by atoms with E-state index in [9.17, 15) is 9.59 Å². The van der Waals surface area contributed by atoms with Crippen LogP contribution in [0.25, 0.3) is 5.65 Å². The van der Waals surface area contributed by atoms with E-state index in [1.807, 2.05) is 18.2 Å². The Hall–Kier alpha value is -2.89. The van der Waals surface area contributed by atoms with Gasteiger partial charge < -0.3 is 15.5 Å². The molecule has 5 aliphatic rings. The number of carbonyl (C=O) groups excluding carboxylic acids is 2. The topological polar surface area (TPSA) is 78.7 Å². The van der Waals surface area contributed by atoms with Crippen molar-refractivity contribution in [2.75, 3.05) is 26.2 Å². The third kappa shape index (κ3) is 3.97. The molecule has 2 N–H and O–H groups in total. The predicted octanol–water partition coefficient (Wildman–Crippen LogP) is 3.04. The molecular weight excluding hydrogens is 426 g/mol. The van der Waals surface area contributed by atoms with Crippen molar-refractivity contribution < 1.29 is 9.59 Å². The van der Waals surface area contributed by atoms with Gasteiger partial charge in [-0.2, -0.15) is 0 Å². The molecule has 5 heterocycles. The highest BCUT2D eigenvalue weighted by Crippen LogP contribution is 2.61. The van der Waals surface area contributed by atoms with E-state index in [0.29, 0.717) is 29.5 Å². The van der Waals surface area contributed by atoms with Gasteiger partial charge in [-0.3, -0.25) is 14.0 Å². The van der Waals surface area contributed by atoms with Crippen LogP contribution in [0.2, 0.25) is 0 Å². The highest BCUT2D eigenvalue weighted by atomic mass is 16.2. The number of fused-ring (bicyclic) bond motifs is 5. The molecule has 2 bridgehead atoms. The number of amides is 2. The number of carbonyl (C=O) groups is 2. The van der Waals surface area contributed by atoms with Crippen molar-refractivity contribution in [3.63, 3.8) is 0 Å². The predicted molar refractivity (Wildman–Crippen MR) is 130 cm³/mol. The quantitative estimate of drug-likeness (QED) is 0.624. The van der Waals surface area contributed by atoms with E-state index in [4.69, 9.17) is 0 Å². The Bertz CT molecular complexity index is 1160. The average molecular weight is 460 g/mol. The average Bonchev–Trinajstić information content (AvgIpc) is 3.27. The Labute approximate surface area is 200 Å². The van der Waals surface area contributed by atoms with E-state index >= 15 is 0 Å². The van der Waals surface area contributed by atoms with E-state index < -0.39 is 0 Å². The Balaban J connectivity index is 1.16. The van der Waals surface area contributed by atoms with E-state index in [1.54, 1.807) is 16.7 Å². The molecule has 3 aliphatic heterocycles. The molecule has 2 aromatic rings. The molecule has 34 heavy (non-hydrogen) atoms. The maximum absolute atomic E-state index is 13.2. The summed E-state index contributed by atoms with van der Waals surface area (Å²) in [6, 6.07) is 5.64. The van der Waals surface area contributed by atoms with E-state index in [2.05, 4.69) is 32.8 Å². The lowest BCUT2D eigenvalue weighted by atomic mass is 9.79. The number of nitrogens with one attached hydrogen (secondary N) is 2. The lowest BCUT2D eigenvalue weighted by Gasteiger charge is -2.44. The SMILES string of the molecule is C=C=CCC1(CNC(=O)c2cccc3nc(C(=O)N[C@@H]4CN5CCC4CC5)cn23)CC2CC2C1. The zero-order valence-electron chi connectivity index (χ0n) is 19.6. The second-order valence-electron chi connectivity index (χ2n) is 10.9. The lowest BCUT2D eigenvalue weighted by molar-refractivity contribution is 0.0618. The molecule has 2 aliphatic carbocycles. The third-order valence-electron chi connectivity index (χ3n) is 8.69. The third-order valence-corrected chi connectivity index (χ3v) is 8.69. The highest BCUT2D eigenvalue weighted by Gasteiger charge is 2.53. The van der Waals surface area contributed by atoms with Crippen molar-refractivity contribution >= 4 is 17.5 Å². The summed E-state index contributed by atoms with van der Waals surface area (Å²) >= 11 is 0. The molecule has 178 valence electrons. The molecule has 7 nitrogen and oxygen atoms in total. The number of piperidine rings is 3. The highest BCUT2D eigenvalue weighted by molar-refractivity contribution is 5.95. The summed E-state index contributed by atoms with van der Waals surface area (Å²) in [5, 5.41) is 6.38. The summed E-state index contributed by atoms with van der Waals surface area (Å²) in [4.78, 5) is 33.1. The monoisotopic (exact) mass is 459 g/mol. The van der Waals surface area contributed by atoms with Gasteiger partial charge in [0.1, 0.15) is 17.0 Å². The number of hydrogen-bond donors (Lipinski definition) is 2. The van der Waals surface area contributed by atoms with Gasteiger partial charge in [-0.15, -0.1) is 5.73 Å². The largest absolute Gasteiger partial charge is 0.350 e. The number of pyridine rings is 1. The van der Waals surface area contributed by atoms with Crippen LogP contribution in [-0.4, -0.2) is 58.3 Å². The molecule has 2 aromatic heterocycles. The fourth-order valence-corrected chi connectivity index (χ4v) is 6.71. The van der Waals surface area contributed by atoms with Crippen LogP contribution in [0.3, 0.4) is 0 Å². The molecule has 5 fully saturated rings. The fraction of sp³-hybridized carbons (Fsp3) is 0.556. The van der Waals surface area contributed by atoms with Gasteiger partial charge in [-0.1, -0.05) is 12.6 Å². The zero-order chi connectivity index (χ0) is 23.3. The Morgan fingerprint density at radius 1 is 1.18 bits per heavy atom. The van der Waals surface area contributed by atoms with E-state index in [-0.39, 0.29) is 23.3 Å². The summed E-state index contributed by atoms with van der Waals surface area (Å²) in [6.45, 7) is 7.55. The van der Waals surface area contributed by atoms with Gasteiger partial charge in [0.15, 0.2) is 0 Å². The summed E-state index contributed by atoms with van der Waals surface area (Å²) in [7, 11) is 0. The first-order valence-electron chi connectivity index (χ1n) is 12.7. The van der Waals surface area contributed by atoms with E-state index in [0.717, 1.165) is 63.6 Å². The number of imidazole rings is 1. The van der Waals surface area contributed by atoms with Crippen molar-refractivity contribution in [1.29, 1.82) is 0 Å². The molecule has 2 unspecified atom stereocenters. The molecule has 7 heteroatoms. The molecule has 3 atom stereocenters. The molecule has 0 radical (unpaired) electrons. The smallest absolute Gasteiger partial charge is 0.271 e. The van der Waals surface area contributed by atoms with Crippen LogP contribution < -0.4 is 10.6 Å². The van der Waals surface area contributed by atoms with Gasteiger partial charge in [0.2, 0.25) is 0 Å². The van der Waals surface area contributed by atoms with Crippen LogP contribution in [0.1, 0.15) is 59.5 Å². The summed E-state index contributed by atoms with van der Waals surface area (Å²) in [5.41, 5.74) is 4.49. The Kier molecular flexibility index (Phi) is 5.34. The van der Waals surface area contributed by atoms with Crippen LogP contribution >= 0.6 is 0 Å². The first kappa shape index (κ1) is 21.6.